The topological polar surface area (TPSA) is 24.1 Å². The second-order valence-electron chi connectivity index (χ2n) is 4.47. The lowest BCUT2D eigenvalue weighted by Crippen LogP contribution is -2.30. The van der Waals surface area contributed by atoms with Crippen LogP contribution in [0.15, 0.2) is 36.7 Å². The van der Waals surface area contributed by atoms with Crippen LogP contribution in [-0.4, -0.2) is 13.1 Å². The van der Waals surface area contributed by atoms with E-state index < -0.39 is 0 Å². The van der Waals surface area contributed by atoms with E-state index in [0.29, 0.717) is 6.04 Å². The molecule has 1 aliphatic rings. The van der Waals surface area contributed by atoms with E-state index in [1.165, 1.54) is 37.7 Å². The van der Waals surface area contributed by atoms with Gasteiger partial charge in [-0.05, 0) is 24.6 Å². The third-order valence-corrected chi connectivity index (χ3v) is 3.02. The van der Waals surface area contributed by atoms with Crippen molar-refractivity contribution >= 4 is 0 Å². The minimum Gasteiger partial charge on any atom is -0.394 e. The van der Waals surface area contributed by atoms with Crippen molar-refractivity contribution in [3.63, 3.8) is 0 Å². The molecule has 0 spiro atoms. The molecule has 2 heteroatoms. The lowest BCUT2D eigenvalue weighted by molar-refractivity contribution is 0.395. The lowest BCUT2D eigenvalue weighted by Gasteiger charge is -2.25. The molecule has 1 saturated carbocycles. The molecule has 0 aliphatic heterocycles. The fourth-order valence-corrected chi connectivity index (χ4v) is 2.20. The maximum atomic E-state index is 4.09. The van der Waals surface area contributed by atoms with Gasteiger partial charge in [-0.25, -0.2) is 0 Å². The first-order valence-corrected chi connectivity index (χ1v) is 6.19. The number of nitrogens with one attached hydrogen (secondary N) is 2. The molecule has 90 valence electrons. The summed E-state index contributed by atoms with van der Waals surface area (Å²) in [5.74, 6) is 0. The molecule has 0 atom stereocenters. The van der Waals surface area contributed by atoms with Crippen LogP contribution in [0.4, 0.5) is 0 Å². The number of hydrogen-bond donors (Lipinski definition) is 2. The minimum absolute atomic E-state index is 0.641. The Kier molecular flexibility index (Phi) is 5.76. The van der Waals surface area contributed by atoms with Crippen LogP contribution in [0.5, 0.6) is 0 Å². The Balaban J connectivity index is 2.33. The van der Waals surface area contributed by atoms with Gasteiger partial charge in [-0.1, -0.05) is 38.5 Å². The molecule has 1 rings (SSSR count). The standard InChI is InChI=1S/C14H24N2/c1-4-13(11-15-3)10-12(2)16-14-8-6-5-7-9-14/h4,11,14-16H,1-2,5-10H2,3H3/b13-11+. The lowest BCUT2D eigenvalue weighted by atomic mass is 9.95. The highest BCUT2D eigenvalue weighted by atomic mass is 14.9. The zero-order valence-corrected chi connectivity index (χ0v) is 10.4. The average Bonchev–Trinajstić information content (AvgIpc) is 2.29. The van der Waals surface area contributed by atoms with Gasteiger partial charge in [0.25, 0.3) is 0 Å². The Morgan fingerprint density at radius 3 is 2.56 bits per heavy atom. The first-order chi connectivity index (χ1) is 7.76. The Morgan fingerprint density at radius 1 is 1.31 bits per heavy atom. The summed E-state index contributed by atoms with van der Waals surface area (Å²) in [4.78, 5) is 0. The summed E-state index contributed by atoms with van der Waals surface area (Å²) in [5.41, 5.74) is 2.28. The van der Waals surface area contributed by atoms with Gasteiger partial charge < -0.3 is 10.6 Å². The monoisotopic (exact) mass is 220 g/mol. The zero-order chi connectivity index (χ0) is 11.8. The van der Waals surface area contributed by atoms with Gasteiger partial charge in [0, 0.05) is 25.2 Å². The molecule has 2 N–H and O–H groups in total. The van der Waals surface area contributed by atoms with Crippen LogP contribution in [0, 0.1) is 0 Å². The second-order valence-corrected chi connectivity index (χ2v) is 4.47. The molecule has 0 unspecified atom stereocenters. The number of allylic oxidation sites excluding steroid dienone is 2. The van der Waals surface area contributed by atoms with Gasteiger partial charge in [0.1, 0.15) is 0 Å². The van der Waals surface area contributed by atoms with Crippen LogP contribution in [0.25, 0.3) is 0 Å². The Morgan fingerprint density at radius 2 is 2.00 bits per heavy atom. The highest BCUT2D eigenvalue weighted by Gasteiger charge is 2.13. The van der Waals surface area contributed by atoms with Crippen molar-refractivity contribution in [2.24, 2.45) is 0 Å². The molecule has 0 radical (unpaired) electrons. The highest BCUT2D eigenvalue weighted by molar-refractivity contribution is 5.21. The predicted octanol–water partition coefficient (Wildman–Crippen LogP) is 3.10. The van der Waals surface area contributed by atoms with Gasteiger partial charge >= 0.3 is 0 Å². The first kappa shape index (κ1) is 12.9. The van der Waals surface area contributed by atoms with Crippen LogP contribution in [0.2, 0.25) is 0 Å². The molecule has 2 nitrogen and oxygen atoms in total. The van der Waals surface area contributed by atoms with E-state index in [0.717, 1.165) is 12.1 Å². The molecular weight excluding hydrogens is 196 g/mol. The van der Waals surface area contributed by atoms with Gasteiger partial charge in [-0.2, -0.15) is 0 Å². The Hall–Kier alpha value is -1.18. The van der Waals surface area contributed by atoms with Gasteiger partial charge in [0.05, 0.1) is 0 Å². The van der Waals surface area contributed by atoms with Crippen LogP contribution in [0.1, 0.15) is 38.5 Å². The first-order valence-electron chi connectivity index (χ1n) is 6.19. The highest BCUT2D eigenvalue weighted by Crippen LogP contribution is 2.19. The molecule has 0 bridgehead atoms. The normalized spacial score (nSPS) is 17.9. The smallest absolute Gasteiger partial charge is 0.0258 e. The van der Waals surface area contributed by atoms with Crippen molar-refractivity contribution in [2.75, 3.05) is 7.05 Å². The molecule has 1 aliphatic carbocycles. The summed E-state index contributed by atoms with van der Waals surface area (Å²) >= 11 is 0. The van der Waals surface area contributed by atoms with E-state index in [4.69, 9.17) is 0 Å². The Labute approximate surface area is 99.5 Å². The molecule has 0 amide bonds. The van der Waals surface area contributed by atoms with Crippen molar-refractivity contribution < 1.29 is 0 Å². The molecule has 0 aromatic heterocycles. The van der Waals surface area contributed by atoms with E-state index in [9.17, 15) is 0 Å². The van der Waals surface area contributed by atoms with E-state index in [1.54, 1.807) is 0 Å². The molecule has 0 heterocycles. The average molecular weight is 220 g/mol. The van der Waals surface area contributed by atoms with Crippen LogP contribution >= 0.6 is 0 Å². The van der Waals surface area contributed by atoms with E-state index in [-0.39, 0.29) is 0 Å². The predicted molar refractivity (Wildman–Crippen MR) is 71.1 cm³/mol. The molecule has 0 aromatic carbocycles. The summed E-state index contributed by atoms with van der Waals surface area (Å²) in [6.45, 7) is 7.89. The molecule has 0 aromatic rings. The summed E-state index contributed by atoms with van der Waals surface area (Å²) in [5, 5.41) is 6.56. The fourth-order valence-electron chi connectivity index (χ4n) is 2.20. The van der Waals surface area contributed by atoms with Crippen molar-refractivity contribution in [3.05, 3.63) is 36.7 Å². The van der Waals surface area contributed by atoms with Crippen molar-refractivity contribution in [1.29, 1.82) is 0 Å². The quantitative estimate of drug-likeness (QED) is 0.672. The van der Waals surface area contributed by atoms with Crippen molar-refractivity contribution in [1.82, 2.24) is 10.6 Å². The van der Waals surface area contributed by atoms with Crippen molar-refractivity contribution in [2.45, 2.75) is 44.6 Å². The van der Waals surface area contributed by atoms with E-state index in [2.05, 4.69) is 23.8 Å². The van der Waals surface area contributed by atoms with Crippen LogP contribution < -0.4 is 10.6 Å². The van der Waals surface area contributed by atoms with Crippen LogP contribution in [-0.2, 0) is 0 Å². The summed E-state index contributed by atoms with van der Waals surface area (Å²) in [7, 11) is 1.90. The third kappa shape index (κ3) is 4.56. The summed E-state index contributed by atoms with van der Waals surface area (Å²) in [6, 6.07) is 0.641. The van der Waals surface area contributed by atoms with Crippen molar-refractivity contribution in [3.8, 4) is 0 Å². The minimum atomic E-state index is 0.641. The summed E-state index contributed by atoms with van der Waals surface area (Å²) < 4.78 is 0. The maximum absolute atomic E-state index is 4.09. The SMILES string of the molecule is C=C/C(=C\NC)CC(=C)NC1CCCCC1. The molecular formula is C14H24N2. The van der Waals surface area contributed by atoms with Gasteiger partial charge in [0.2, 0.25) is 0 Å². The molecule has 0 saturated heterocycles. The zero-order valence-electron chi connectivity index (χ0n) is 10.4. The third-order valence-electron chi connectivity index (χ3n) is 3.02. The molecule has 1 fully saturated rings. The number of hydrogen-bond acceptors (Lipinski definition) is 2. The fraction of sp³-hybridized carbons (Fsp3) is 0.571. The maximum Gasteiger partial charge on any atom is 0.0258 e. The second kappa shape index (κ2) is 7.15. The van der Waals surface area contributed by atoms with E-state index >= 15 is 0 Å². The Bertz CT molecular complexity index is 260. The van der Waals surface area contributed by atoms with Crippen LogP contribution in [0.3, 0.4) is 0 Å². The van der Waals surface area contributed by atoms with Gasteiger partial charge in [-0.3, -0.25) is 0 Å². The van der Waals surface area contributed by atoms with Gasteiger partial charge in [-0.15, -0.1) is 0 Å². The number of rotatable bonds is 6. The van der Waals surface area contributed by atoms with E-state index in [1.807, 2.05) is 19.3 Å². The molecule has 16 heavy (non-hydrogen) atoms. The summed E-state index contributed by atoms with van der Waals surface area (Å²) in [6.07, 6.45) is 11.4. The van der Waals surface area contributed by atoms with Gasteiger partial charge in [0.15, 0.2) is 0 Å². The largest absolute Gasteiger partial charge is 0.394 e.